The van der Waals surface area contributed by atoms with Crippen molar-refractivity contribution in [3.63, 3.8) is 0 Å². The standard InChI is InChI=1S/C15H21N7O/c1-11(23)18-12-4-6-13(7-5-12)19-14-10-17-21-15(20-14)16-8-9-22(2)3/h4-7,10H,8-9H2,1-3H3,(H,18,23)(H2,16,19,20,21). The van der Waals surface area contributed by atoms with Gasteiger partial charge in [0.2, 0.25) is 11.9 Å². The highest BCUT2D eigenvalue weighted by Gasteiger charge is 2.02. The number of rotatable bonds is 7. The maximum Gasteiger partial charge on any atom is 0.244 e. The van der Waals surface area contributed by atoms with Crippen molar-refractivity contribution >= 4 is 29.0 Å². The summed E-state index contributed by atoms with van der Waals surface area (Å²) >= 11 is 0. The number of carbonyl (C=O) groups excluding carboxylic acids is 1. The first kappa shape index (κ1) is 16.6. The predicted molar refractivity (Wildman–Crippen MR) is 90.9 cm³/mol. The van der Waals surface area contributed by atoms with E-state index < -0.39 is 0 Å². The maximum atomic E-state index is 11.0. The highest BCUT2D eigenvalue weighted by molar-refractivity contribution is 5.88. The molecule has 0 bridgehead atoms. The molecule has 23 heavy (non-hydrogen) atoms. The molecule has 0 radical (unpaired) electrons. The maximum absolute atomic E-state index is 11.0. The third-order valence-electron chi connectivity index (χ3n) is 2.88. The molecule has 8 nitrogen and oxygen atoms in total. The van der Waals surface area contributed by atoms with Crippen LogP contribution < -0.4 is 16.0 Å². The monoisotopic (exact) mass is 315 g/mol. The van der Waals surface area contributed by atoms with Gasteiger partial charge in [0.1, 0.15) is 0 Å². The number of anilines is 4. The Balaban J connectivity index is 1.95. The van der Waals surface area contributed by atoms with Crippen LogP contribution in [0.1, 0.15) is 6.92 Å². The first-order chi connectivity index (χ1) is 11.0. The van der Waals surface area contributed by atoms with Crippen molar-refractivity contribution in [3.8, 4) is 0 Å². The number of hydrogen-bond donors (Lipinski definition) is 3. The molecule has 2 rings (SSSR count). The average molecular weight is 315 g/mol. The van der Waals surface area contributed by atoms with E-state index in [0.29, 0.717) is 11.8 Å². The molecular weight excluding hydrogens is 294 g/mol. The summed E-state index contributed by atoms with van der Waals surface area (Å²) in [5.74, 6) is 0.977. The molecule has 8 heteroatoms. The minimum atomic E-state index is -0.0980. The molecule has 122 valence electrons. The van der Waals surface area contributed by atoms with Crippen molar-refractivity contribution in [1.29, 1.82) is 0 Å². The summed E-state index contributed by atoms with van der Waals surface area (Å²) in [6.07, 6.45) is 1.55. The van der Waals surface area contributed by atoms with Crippen molar-refractivity contribution in [1.82, 2.24) is 20.1 Å². The summed E-state index contributed by atoms with van der Waals surface area (Å²) in [7, 11) is 4.01. The lowest BCUT2D eigenvalue weighted by atomic mass is 10.3. The van der Waals surface area contributed by atoms with E-state index in [1.165, 1.54) is 6.92 Å². The van der Waals surface area contributed by atoms with E-state index in [1.54, 1.807) is 6.20 Å². The molecule has 0 spiro atoms. The molecule has 1 aromatic carbocycles. The molecule has 0 saturated carbocycles. The fourth-order valence-electron chi connectivity index (χ4n) is 1.82. The Labute approximate surface area is 135 Å². The number of aromatic nitrogens is 3. The van der Waals surface area contributed by atoms with Gasteiger partial charge in [-0.3, -0.25) is 4.79 Å². The molecule has 1 amide bonds. The van der Waals surface area contributed by atoms with E-state index in [9.17, 15) is 4.79 Å². The van der Waals surface area contributed by atoms with Gasteiger partial charge in [-0.05, 0) is 38.4 Å². The molecule has 0 aliphatic rings. The topological polar surface area (TPSA) is 95.1 Å². The molecule has 0 unspecified atom stereocenters. The SMILES string of the molecule is CC(=O)Nc1ccc(Nc2cnnc(NCCN(C)C)n2)cc1. The molecule has 1 heterocycles. The zero-order valence-electron chi connectivity index (χ0n) is 13.5. The average Bonchev–Trinajstić information content (AvgIpc) is 2.49. The van der Waals surface area contributed by atoms with Crippen LogP contribution in [0.2, 0.25) is 0 Å². The second-order valence-electron chi connectivity index (χ2n) is 5.28. The minimum Gasteiger partial charge on any atom is -0.352 e. The fraction of sp³-hybridized carbons (Fsp3) is 0.333. The summed E-state index contributed by atoms with van der Waals surface area (Å²) in [5, 5.41) is 16.9. The molecule has 0 aliphatic carbocycles. The van der Waals surface area contributed by atoms with Crippen molar-refractivity contribution in [3.05, 3.63) is 30.5 Å². The second kappa shape index (κ2) is 8.04. The molecule has 0 fully saturated rings. The van der Waals surface area contributed by atoms with Gasteiger partial charge in [0.25, 0.3) is 0 Å². The van der Waals surface area contributed by atoms with Gasteiger partial charge in [-0.15, -0.1) is 5.10 Å². The summed E-state index contributed by atoms with van der Waals surface area (Å²) in [4.78, 5) is 17.4. The molecule has 3 N–H and O–H groups in total. The molecule has 0 saturated heterocycles. The van der Waals surface area contributed by atoms with Crippen LogP contribution in [-0.4, -0.2) is 53.2 Å². The third-order valence-corrected chi connectivity index (χ3v) is 2.88. The van der Waals surface area contributed by atoms with Crippen LogP contribution in [0.3, 0.4) is 0 Å². The van der Waals surface area contributed by atoms with Gasteiger partial charge >= 0.3 is 0 Å². The second-order valence-corrected chi connectivity index (χ2v) is 5.28. The number of carbonyl (C=O) groups is 1. The van der Waals surface area contributed by atoms with Gasteiger partial charge < -0.3 is 20.9 Å². The number of likely N-dealkylation sites (N-methyl/N-ethyl adjacent to an activating group) is 1. The predicted octanol–water partition coefficient (Wildman–Crippen LogP) is 1.55. The Morgan fingerprint density at radius 2 is 1.87 bits per heavy atom. The van der Waals surface area contributed by atoms with E-state index in [4.69, 9.17) is 0 Å². The number of nitrogens with one attached hydrogen (secondary N) is 3. The number of amides is 1. The zero-order valence-corrected chi connectivity index (χ0v) is 13.5. The first-order valence-electron chi connectivity index (χ1n) is 7.26. The highest BCUT2D eigenvalue weighted by atomic mass is 16.1. The van der Waals surface area contributed by atoms with Crippen molar-refractivity contribution in [2.45, 2.75) is 6.92 Å². The van der Waals surface area contributed by atoms with Gasteiger partial charge in [-0.2, -0.15) is 10.1 Å². The van der Waals surface area contributed by atoms with Gasteiger partial charge in [0.15, 0.2) is 5.82 Å². The Morgan fingerprint density at radius 3 is 2.52 bits per heavy atom. The quantitative estimate of drug-likeness (QED) is 0.713. The Hall–Kier alpha value is -2.74. The molecule has 0 atom stereocenters. The molecular formula is C15H21N7O. The Bertz CT molecular complexity index is 643. The number of hydrogen-bond acceptors (Lipinski definition) is 7. The normalized spacial score (nSPS) is 10.4. The van der Waals surface area contributed by atoms with E-state index in [-0.39, 0.29) is 5.91 Å². The Kier molecular flexibility index (Phi) is 5.81. The lowest BCUT2D eigenvalue weighted by molar-refractivity contribution is -0.114. The van der Waals surface area contributed by atoms with E-state index in [0.717, 1.165) is 24.5 Å². The van der Waals surface area contributed by atoms with Crippen LogP contribution in [-0.2, 0) is 4.79 Å². The van der Waals surface area contributed by atoms with Gasteiger partial charge in [0, 0.05) is 31.4 Å². The van der Waals surface area contributed by atoms with Crippen molar-refractivity contribution in [2.24, 2.45) is 0 Å². The summed E-state index contributed by atoms with van der Waals surface area (Å²) in [5.41, 5.74) is 1.59. The molecule has 0 aliphatic heterocycles. The van der Waals surface area contributed by atoms with Crippen LogP contribution in [0.25, 0.3) is 0 Å². The highest BCUT2D eigenvalue weighted by Crippen LogP contribution is 2.17. The van der Waals surface area contributed by atoms with Gasteiger partial charge in [-0.25, -0.2) is 0 Å². The largest absolute Gasteiger partial charge is 0.352 e. The Morgan fingerprint density at radius 1 is 1.17 bits per heavy atom. The van der Waals surface area contributed by atoms with Crippen LogP contribution >= 0.6 is 0 Å². The lowest BCUT2D eigenvalue weighted by Crippen LogP contribution is -2.21. The summed E-state index contributed by atoms with van der Waals surface area (Å²) in [6.45, 7) is 3.10. The van der Waals surface area contributed by atoms with Crippen molar-refractivity contribution < 1.29 is 4.79 Å². The smallest absolute Gasteiger partial charge is 0.244 e. The number of nitrogens with zero attached hydrogens (tertiary/aromatic N) is 4. The summed E-state index contributed by atoms with van der Waals surface area (Å²) < 4.78 is 0. The lowest BCUT2D eigenvalue weighted by Gasteiger charge is -2.11. The van der Waals surface area contributed by atoms with Crippen LogP contribution in [0, 0.1) is 0 Å². The first-order valence-corrected chi connectivity index (χ1v) is 7.26. The number of benzene rings is 1. The van der Waals surface area contributed by atoms with Gasteiger partial charge in [0.05, 0.1) is 6.20 Å². The van der Waals surface area contributed by atoms with Gasteiger partial charge in [-0.1, -0.05) is 0 Å². The zero-order chi connectivity index (χ0) is 16.7. The van der Waals surface area contributed by atoms with E-state index in [2.05, 4.69) is 36.0 Å². The van der Waals surface area contributed by atoms with E-state index >= 15 is 0 Å². The van der Waals surface area contributed by atoms with E-state index in [1.807, 2.05) is 38.4 Å². The minimum absolute atomic E-state index is 0.0980. The van der Waals surface area contributed by atoms with Crippen LogP contribution in [0.4, 0.5) is 23.1 Å². The fourth-order valence-corrected chi connectivity index (χ4v) is 1.82. The summed E-state index contributed by atoms with van der Waals surface area (Å²) in [6, 6.07) is 7.34. The van der Waals surface area contributed by atoms with Crippen LogP contribution in [0.5, 0.6) is 0 Å². The third kappa shape index (κ3) is 5.87. The van der Waals surface area contributed by atoms with Crippen LogP contribution in [0.15, 0.2) is 30.5 Å². The molecule has 2 aromatic rings. The molecule has 1 aromatic heterocycles. The van der Waals surface area contributed by atoms with Crippen molar-refractivity contribution in [2.75, 3.05) is 43.1 Å².